The number of aliphatic hydroxyl groups is 1. The van der Waals surface area contributed by atoms with Crippen LogP contribution in [-0.4, -0.2) is 42.2 Å². The van der Waals surface area contributed by atoms with Gasteiger partial charge in [0.25, 0.3) is 0 Å². The van der Waals surface area contributed by atoms with Crippen molar-refractivity contribution in [3.05, 3.63) is 35.9 Å². The van der Waals surface area contributed by atoms with Crippen molar-refractivity contribution in [2.75, 3.05) is 26.2 Å². The number of hydrogen-bond acceptors (Lipinski definition) is 3. The van der Waals surface area contributed by atoms with Gasteiger partial charge in [0, 0.05) is 19.1 Å². The molecule has 0 radical (unpaired) electrons. The summed E-state index contributed by atoms with van der Waals surface area (Å²) in [4.78, 5) is 2.51. The lowest BCUT2D eigenvalue weighted by Crippen LogP contribution is -2.40. The van der Waals surface area contributed by atoms with Crippen LogP contribution in [0.1, 0.15) is 44.8 Å². The molecule has 118 valence electrons. The Morgan fingerprint density at radius 2 is 1.81 bits per heavy atom. The van der Waals surface area contributed by atoms with Crippen LogP contribution in [0.5, 0.6) is 0 Å². The van der Waals surface area contributed by atoms with Gasteiger partial charge in [-0.1, -0.05) is 44.2 Å². The topological polar surface area (TPSA) is 35.5 Å². The molecule has 1 aromatic carbocycles. The largest absolute Gasteiger partial charge is 0.387 e. The molecule has 1 saturated heterocycles. The van der Waals surface area contributed by atoms with Crippen molar-refractivity contribution < 1.29 is 5.11 Å². The molecule has 0 saturated carbocycles. The molecule has 3 nitrogen and oxygen atoms in total. The van der Waals surface area contributed by atoms with Gasteiger partial charge in [0.15, 0.2) is 0 Å². The summed E-state index contributed by atoms with van der Waals surface area (Å²) in [5.74, 6) is 0.577. The fraction of sp³-hybridized carbons (Fsp3) is 0.667. The zero-order chi connectivity index (χ0) is 15.1. The second-order valence-corrected chi connectivity index (χ2v) is 6.59. The van der Waals surface area contributed by atoms with Gasteiger partial charge in [0.2, 0.25) is 0 Å². The first-order valence-corrected chi connectivity index (χ1v) is 8.35. The fourth-order valence-corrected chi connectivity index (χ4v) is 3.13. The highest BCUT2D eigenvalue weighted by Crippen LogP contribution is 2.21. The van der Waals surface area contributed by atoms with E-state index in [0.29, 0.717) is 5.92 Å². The molecular formula is C18H30N2O. The number of benzene rings is 1. The van der Waals surface area contributed by atoms with Gasteiger partial charge in [-0.3, -0.25) is 0 Å². The Balaban J connectivity index is 1.87. The molecule has 2 atom stereocenters. The van der Waals surface area contributed by atoms with Crippen LogP contribution in [0, 0.1) is 5.92 Å². The summed E-state index contributed by atoms with van der Waals surface area (Å²) < 4.78 is 0. The fourth-order valence-electron chi connectivity index (χ4n) is 3.13. The van der Waals surface area contributed by atoms with Gasteiger partial charge in [0.1, 0.15) is 0 Å². The second kappa shape index (κ2) is 8.52. The van der Waals surface area contributed by atoms with E-state index in [1.54, 1.807) is 0 Å². The zero-order valence-corrected chi connectivity index (χ0v) is 13.5. The third-order valence-corrected chi connectivity index (χ3v) is 4.28. The van der Waals surface area contributed by atoms with Gasteiger partial charge in [-0.15, -0.1) is 0 Å². The number of likely N-dealkylation sites (tertiary alicyclic amines) is 1. The molecule has 1 fully saturated rings. The molecule has 0 aromatic heterocycles. The summed E-state index contributed by atoms with van der Waals surface area (Å²) >= 11 is 0. The van der Waals surface area contributed by atoms with E-state index in [1.165, 1.54) is 25.9 Å². The van der Waals surface area contributed by atoms with Crippen LogP contribution in [0.4, 0.5) is 0 Å². The van der Waals surface area contributed by atoms with Crippen LogP contribution in [0.3, 0.4) is 0 Å². The van der Waals surface area contributed by atoms with Crippen molar-refractivity contribution in [1.29, 1.82) is 0 Å². The molecular weight excluding hydrogens is 260 g/mol. The summed E-state index contributed by atoms with van der Waals surface area (Å²) in [6.45, 7) is 8.95. The average Bonchev–Trinajstić information content (AvgIpc) is 2.99. The third-order valence-electron chi connectivity index (χ3n) is 4.28. The summed E-state index contributed by atoms with van der Waals surface area (Å²) in [6.07, 6.45) is 3.24. The van der Waals surface area contributed by atoms with Crippen molar-refractivity contribution in [3.63, 3.8) is 0 Å². The molecule has 1 aliphatic rings. The van der Waals surface area contributed by atoms with Crippen molar-refractivity contribution in [2.45, 2.75) is 45.3 Å². The Hall–Kier alpha value is -0.900. The lowest BCUT2D eigenvalue weighted by Gasteiger charge is -2.27. The van der Waals surface area contributed by atoms with Crippen molar-refractivity contribution >= 4 is 0 Å². The lowest BCUT2D eigenvalue weighted by atomic mass is 9.94. The number of aliphatic hydroxyl groups excluding tert-OH is 1. The van der Waals surface area contributed by atoms with Crippen LogP contribution in [0.25, 0.3) is 0 Å². The maximum atomic E-state index is 10.6. The SMILES string of the molecule is CC(C)CC(NCCN1CCCC1)C(O)c1ccccc1. The zero-order valence-electron chi connectivity index (χ0n) is 13.5. The average molecular weight is 290 g/mol. The molecule has 2 unspecified atom stereocenters. The smallest absolute Gasteiger partial charge is 0.0943 e. The van der Waals surface area contributed by atoms with Gasteiger partial charge in [-0.05, 0) is 43.8 Å². The van der Waals surface area contributed by atoms with Gasteiger partial charge in [-0.25, -0.2) is 0 Å². The summed E-state index contributed by atoms with van der Waals surface area (Å²) in [5.41, 5.74) is 1.01. The van der Waals surface area contributed by atoms with Gasteiger partial charge in [-0.2, -0.15) is 0 Å². The number of hydrogen-bond donors (Lipinski definition) is 2. The molecule has 2 N–H and O–H groups in total. The van der Waals surface area contributed by atoms with Gasteiger partial charge in [0.05, 0.1) is 6.10 Å². The molecule has 1 aromatic rings. The molecule has 0 amide bonds. The van der Waals surface area contributed by atoms with E-state index in [9.17, 15) is 5.11 Å². The Morgan fingerprint density at radius 3 is 2.43 bits per heavy atom. The molecule has 0 bridgehead atoms. The van der Waals surface area contributed by atoms with Crippen molar-refractivity contribution in [2.24, 2.45) is 5.92 Å². The highest BCUT2D eigenvalue weighted by Gasteiger charge is 2.21. The van der Waals surface area contributed by atoms with E-state index in [2.05, 4.69) is 24.1 Å². The van der Waals surface area contributed by atoms with Crippen LogP contribution >= 0.6 is 0 Å². The summed E-state index contributed by atoms with van der Waals surface area (Å²) in [6, 6.07) is 10.1. The number of nitrogens with one attached hydrogen (secondary N) is 1. The van der Waals surface area contributed by atoms with Crippen LogP contribution in [0.2, 0.25) is 0 Å². The Morgan fingerprint density at radius 1 is 1.14 bits per heavy atom. The van der Waals surface area contributed by atoms with E-state index in [0.717, 1.165) is 25.1 Å². The molecule has 0 spiro atoms. The molecule has 1 aliphatic heterocycles. The minimum Gasteiger partial charge on any atom is -0.387 e. The Kier molecular flexibility index (Phi) is 6.68. The van der Waals surface area contributed by atoms with E-state index in [-0.39, 0.29) is 6.04 Å². The monoisotopic (exact) mass is 290 g/mol. The van der Waals surface area contributed by atoms with Crippen LogP contribution < -0.4 is 5.32 Å². The molecule has 3 heteroatoms. The van der Waals surface area contributed by atoms with E-state index in [1.807, 2.05) is 30.3 Å². The highest BCUT2D eigenvalue weighted by molar-refractivity contribution is 5.18. The molecule has 21 heavy (non-hydrogen) atoms. The number of nitrogens with zero attached hydrogens (tertiary/aromatic N) is 1. The third kappa shape index (κ3) is 5.42. The number of rotatable bonds is 8. The Bertz CT molecular complexity index is 387. The lowest BCUT2D eigenvalue weighted by molar-refractivity contribution is 0.115. The normalized spacial score (nSPS) is 19.0. The van der Waals surface area contributed by atoms with E-state index >= 15 is 0 Å². The quantitative estimate of drug-likeness (QED) is 0.773. The Labute approximate surface area is 129 Å². The molecule has 2 rings (SSSR count). The van der Waals surface area contributed by atoms with E-state index in [4.69, 9.17) is 0 Å². The van der Waals surface area contributed by atoms with Crippen molar-refractivity contribution in [3.8, 4) is 0 Å². The predicted octanol–water partition coefficient (Wildman–Crippen LogP) is 2.82. The van der Waals surface area contributed by atoms with Crippen molar-refractivity contribution in [1.82, 2.24) is 10.2 Å². The maximum Gasteiger partial charge on any atom is 0.0943 e. The minimum atomic E-state index is -0.424. The maximum absolute atomic E-state index is 10.6. The molecule has 1 heterocycles. The van der Waals surface area contributed by atoms with Gasteiger partial charge >= 0.3 is 0 Å². The molecule has 0 aliphatic carbocycles. The predicted molar refractivity (Wildman–Crippen MR) is 88.3 cm³/mol. The van der Waals surface area contributed by atoms with E-state index < -0.39 is 6.10 Å². The minimum absolute atomic E-state index is 0.134. The first-order chi connectivity index (χ1) is 10.2. The first-order valence-electron chi connectivity index (χ1n) is 8.35. The van der Waals surface area contributed by atoms with Crippen LogP contribution in [0.15, 0.2) is 30.3 Å². The van der Waals surface area contributed by atoms with Crippen LogP contribution in [-0.2, 0) is 0 Å². The second-order valence-electron chi connectivity index (χ2n) is 6.59. The summed E-state index contributed by atoms with van der Waals surface area (Å²) in [7, 11) is 0. The first kappa shape index (κ1) is 16.5. The highest BCUT2D eigenvalue weighted by atomic mass is 16.3. The summed E-state index contributed by atoms with van der Waals surface area (Å²) in [5, 5.41) is 14.2. The standard InChI is InChI=1S/C18H30N2O/c1-15(2)14-17(18(21)16-8-4-3-5-9-16)19-10-13-20-11-6-7-12-20/h3-5,8-9,15,17-19,21H,6-7,10-14H2,1-2H3. The van der Waals surface area contributed by atoms with Gasteiger partial charge < -0.3 is 15.3 Å².